The molecule has 0 bridgehead atoms. The Bertz CT molecular complexity index is 3450. The Morgan fingerprint density at radius 1 is 0.649 bits per heavy atom. The molecule has 526 valence electrons. The smallest absolute Gasteiger partial charge is 0.326 e. The fourth-order valence-corrected chi connectivity index (χ4v) is 13.1. The molecule has 97 heavy (non-hydrogen) atoms. The molecule has 2 aliphatic heterocycles. The number of aromatic hydroxyl groups is 1. The fourth-order valence-electron chi connectivity index (χ4n) is 10.8. The Labute approximate surface area is 566 Å². The number of nitrogens with two attached hydrogens (primary N) is 2. The van der Waals surface area contributed by atoms with Gasteiger partial charge in [0.25, 0.3) is 0 Å². The standard InChI is InChI=1S/C64H85N13O18S2/c1-33(2)52(64(94)95)75-61(91)48-32-97-96-31-47(73-59(89)46(29-51(82)83)72-62(92)49-17-11-25-77(49)63(93)53(34(3)78)76-54(84)40(66)22-23-50(80)81)60(90)70-43(26-35-12-5-4-6-13-35)56(86)71-45(28-37-30-67-41-15-8-7-14-39(37)41)58(88)68-42(16-9-10-24-65)55(85)69-44(57(87)74-48)27-36-18-20-38(79)21-19-36/h4-8,12-15,18-21,30,33-34,40,42-49,52-53,67,78-79H,9-11,16-17,22-29,31-32,65-66H2,1-3H3,(H,68,88)(H,69,85)(H,70,90)(H,71,86)(H,72,92)(H,73,89)(H,74,87)(H,75,91)(H,76,84)(H,80,81)(H,82,83)(H,94,95)/t34-,40+,42+,43+,44?,45?,46+,47?,48?,49+,52+,53+/m1/s1. The van der Waals surface area contributed by atoms with Gasteiger partial charge in [-0.3, -0.25) is 57.5 Å². The zero-order valence-corrected chi connectivity index (χ0v) is 55.3. The van der Waals surface area contributed by atoms with Crippen LogP contribution in [0.2, 0.25) is 0 Å². The summed E-state index contributed by atoms with van der Waals surface area (Å²) in [6.07, 6.45) is -1.85. The van der Waals surface area contributed by atoms with Crippen LogP contribution in [-0.4, -0.2) is 210 Å². The summed E-state index contributed by atoms with van der Waals surface area (Å²) >= 11 is 0. The van der Waals surface area contributed by atoms with Crippen molar-refractivity contribution < 1.29 is 87.9 Å². The molecule has 2 fully saturated rings. The van der Waals surface area contributed by atoms with E-state index in [-0.39, 0.29) is 70.2 Å². The van der Waals surface area contributed by atoms with Gasteiger partial charge in [-0.25, -0.2) is 4.79 Å². The maximum Gasteiger partial charge on any atom is 0.326 e. The minimum atomic E-state index is -2.00. The predicted molar refractivity (Wildman–Crippen MR) is 355 cm³/mol. The third kappa shape index (κ3) is 23.2. The van der Waals surface area contributed by atoms with Crippen LogP contribution >= 0.6 is 21.6 Å². The number of nitrogens with zero attached hydrogens (tertiary/aromatic N) is 1. The van der Waals surface area contributed by atoms with E-state index in [2.05, 4.69) is 52.8 Å². The minimum Gasteiger partial charge on any atom is -0.508 e. The monoisotopic (exact) mass is 1390 g/mol. The second-order valence-corrected chi connectivity index (χ2v) is 26.6. The number of aliphatic hydroxyl groups is 1. The normalized spacial score (nSPS) is 21.6. The molecule has 2 saturated heterocycles. The average Bonchev–Trinajstić information content (AvgIpc) is 1.75. The van der Waals surface area contributed by atoms with Crippen molar-refractivity contribution in [1.29, 1.82) is 0 Å². The SMILES string of the molecule is CC(C)[C@H](NC(=O)C1CSSCC(NC(=O)[C@H](CC(=O)O)NC(=O)[C@@H]2CCCN2C(=O)[C@@H](NC(=O)[C@@H](N)CCC(=O)O)[C@@H](C)O)C(=O)N[C@@H](Cc2ccccc2)C(=O)NC(Cc2c[nH]c3ccccc23)C(=O)N[C@@H](CCCCN)C(=O)NC(Cc2ccc(O)cc2)C(=O)N1)C(=O)O. The van der Waals surface area contributed by atoms with Crippen LogP contribution in [0.1, 0.15) is 88.8 Å². The van der Waals surface area contributed by atoms with Crippen LogP contribution in [-0.2, 0) is 81.6 Å². The van der Waals surface area contributed by atoms with Crippen molar-refractivity contribution in [2.45, 2.75) is 164 Å². The van der Waals surface area contributed by atoms with E-state index in [4.69, 9.17) is 16.6 Å². The van der Waals surface area contributed by atoms with Gasteiger partial charge in [0.2, 0.25) is 59.1 Å². The molecule has 1 aromatic heterocycles. The van der Waals surface area contributed by atoms with Crippen molar-refractivity contribution in [1.82, 2.24) is 57.7 Å². The average molecular weight is 1390 g/mol. The minimum absolute atomic E-state index is 0.0443. The molecule has 4 aromatic rings. The highest BCUT2D eigenvalue weighted by atomic mass is 33.1. The van der Waals surface area contributed by atoms with Crippen molar-refractivity contribution in [2.24, 2.45) is 17.4 Å². The van der Waals surface area contributed by atoms with Gasteiger partial charge in [-0.1, -0.05) is 96.1 Å². The summed E-state index contributed by atoms with van der Waals surface area (Å²) in [7, 11) is 1.65. The number of nitrogens with one attached hydrogen (secondary N) is 10. The molecular formula is C64H85N13O18S2. The number of amides is 10. The summed E-state index contributed by atoms with van der Waals surface area (Å²) in [6.45, 7) is 4.32. The number of phenolic OH excluding ortho intramolecular Hbond substituents is 1. The van der Waals surface area contributed by atoms with Gasteiger partial charge in [-0.15, -0.1) is 0 Å². The summed E-state index contributed by atoms with van der Waals surface area (Å²) in [6, 6.07) is 3.64. The van der Waals surface area contributed by atoms with E-state index in [1.807, 2.05) is 0 Å². The number of carbonyl (C=O) groups excluding carboxylic acids is 10. The van der Waals surface area contributed by atoms with E-state index < -0.39 is 180 Å². The van der Waals surface area contributed by atoms with Crippen LogP contribution in [0.4, 0.5) is 0 Å². The van der Waals surface area contributed by atoms with Crippen LogP contribution in [0, 0.1) is 5.92 Å². The number of hydrogen-bond donors (Lipinski definition) is 17. The number of likely N-dealkylation sites (tertiary alicyclic amines) is 1. The number of carboxylic acids is 3. The van der Waals surface area contributed by atoms with Gasteiger partial charge in [0.15, 0.2) is 0 Å². The number of aliphatic hydroxyl groups excluding tert-OH is 1. The third-order valence-corrected chi connectivity index (χ3v) is 18.6. The molecule has 3 heterocycles. The molecule has 0 radical (unpaired) electrons. The quantitative estimate of drug-likeness (QED) is 0.0240. The molecular weight excluding hydrogens is 1300 g/mol. The summed E-state index contributed by atoms with van der Waals surface area (Å²) in [5.41, 5.74) is 13.9. The van der Waals surface area contributed by atoms with Gasteiger partial charge in [0, 0.05) is 60.8 Å². The van der Waals surface area contributed by atoms with Gasteiger partial charge in [0.05, 0.1) is 18.6 Å². The molecule has 12 atom stereocenters. The van der Waals surface area contributed by atoms with Crippen molar-refractivity contribution >= 4 is 109 Å². The zero-order valence-electron chi connectivity index (χ0n) is 53.7. The Hall–Kier alpha value is -9.31. The Morgan fingerprint density at radius 2 is 1.24 bits per heavy atom. The second-order valence-electron chi connectivity index (χ2n) is 24.0. The van der Waals surface area contributed by atoms with E-state index in [0.717, 1.165) is 26.5 Å². The number of aromatic amines is 1. The van der Waals surface area contributed by atoms with Gasteiger partial charge in [-0.2, -0.15) is 0 Å². The highest BCUT2D eigenvalue weighted by molar-refractivity contribution is 8.76. The van der Waals surface area contributed by atoms with Crippen molar-refractivity contribution in [2.75, 3.05) is 24.6 Å². The van der Waals surface area contributed by atoms with Crippen LogP contribution in [0.5, 0.6) is 5.75 Å². The van der Waals surface area contributed by atoms with Gasteiger partial charge in [-0.05, 0) is 92.8 Å². The van der Waals surface area contributed by atoms with Gasteiger partial charge in [0.1, 0.15) is 66.2 Å². The van der Waals surface area contributed by atoms with Crippen molar-refractivity contribution in [3.8, 4) is 5.75 Å². The third-order valence-electron chi connectivity index (χ3n) is 16.2. The number of carbonyl (C=O) groups is 13. The van der Waals surface area contributed by atoms with Crippen LogP contribution in [0.3, 0.4) is 0 Å². The fraction of sp³-hybridized carbons (Fsp3) is 0.484. The molecule has 0 saturated carbocycles. The maximum absolute atomic E-state index is 15.1. The predicted octanol–water partition coefficient (Wildman–Crippen LogP) is -1.43. The molecule has 19 N–H and O–H groups in total. The Kier molecular flexibility index (Phi) is 29.5. The van der Waals surface area contributed by atoms with Crippen LogP contribution in [0.25, 0.3) is 10.9 Å². The highest BCUT2D eigenvalue weighted by Crippen LogP contribution is 2.26. The van der Waals surface area contributed by atoms with E-state index in [1.165, 1.54) is 45.0 Å². The topological polar surface area (TPSA) is 502 Å². The van der Waals surface area contributed by atoms with Gasteiger partial charge >= 0.3 is 17.9 Å². The summed E-state index contributed by atoms with van der Waals surface area (Å²) < 4.78 is 0. The largest absolute Gasteiger partial charge is 0.508 e. The van der Waals surface area contributed by atoms with E-state index in [1.54, 1.807) is 60.8 Å². The lowest BCUT2D eigenvalue weighted by Gasteiger charge is -2.31. The van der Waals surface area contributed by atoms with E-state index >= 15 is 14.4 Å². The van der Waals surface area contributed by atoms with E-state index in [9.17, 15) is 68.4 Å². The molecule has 6 rings (SSSR count). The molecule has 33 heteroatoms. The number of aromatic nitrogens is 1. The first kappa shape index (κ1) is 76.7. The summed E-state index contributed by atoms with van der Waals surface area (Å²) in [4.78, 5) is 185. The number of para-hydroxylation sites is 1. The van der Waals surface area contributed by atoms with Crippen LogP contribution in [0.15, 0.2) is 85.1 Å². The van der Waals surface area contributed by atoms with Gasteiger partial charge < -0.3 is 94.7 Å². The molecule has 0 aliphatic carbocycles. The first-order valence-corrected chi connectivity index (χ1v) is 34.1. The number of rotatable bonds is 27. The molecule has 10 amide bonds. The summed E-state index contributed by atoms with van der Waals surface area (Å²) in [5.74, 6) is -16.0. The maximum atomic E-state index is 15.1. The zero-order chi connectivity index (χ0) is 71.0. The number of fused-ring (bicyclic) bond motifs is 1. The molecule has 0 spiro atoms. The number of aliphatic carboxylic acids is 3. The van der Waals surface area contributed by atoms with E-state index in [0.29, 0.717) is 34.0 Å². The molecule has 31 nitrogen and oxygen atoms in total. The highest BCUT2D eigenvalue weighted by Gasteiger charge is 2.42. The first-order chi connectivity index (χ1) is 46.1. The number of benzene rings is 3. The number of phenols is 1. The number of hydrogen-bond acceptors (Lipinski definition) is 19. The second kappa shape index (κ2) is 37.3. The molecule has 3 aromatic carbocycles. The summed E-state index contributed by atoms with van der Waals surface area (Å²) in [5, 5.41) is 74.1. The Balaban J connectivity index is 1.41. The number of unbranched alkanes of at least 4 members (excludes halogenated alkanes) is 1. The van der Waals surface area contributed by atoms with Crippen molar-refractivity contribution in [3.63, 3.8) is 0 Å². The Morgan fingerprint density at radius 3 is 1.86 bits per heavy atom. The van der Waals surface area contributed by atoms with Crippen molar-refractivity contribution in [3.05, 3.63) is 102 Å². The number of H-pyrrole nitrogens is 1. The van der Waals surface area contributed by atoms with Crippen LogP contribution < -0.4 is 59.3 Å². The number of carboxylic acid groups (broad SMARTS) is 3. The molecule has 2 aliphatic rings. The first-order valence-electron chi connectivity index (χ1n) is 31.6. The lowest BCUT2D eigenvalue weighted by Crippen LogP contribution is -2.62. The lowest BCUT2D eigenvalue weighted by molar-refractivity contribution is -0.145. The molecule has 4 unspecified atom stereocenters. The lowest BCUT2D eigenvalue weighted by atomic mass is 10.0.